The van der Waals surface area contributed by atoms with Crippen LogP contribution in [0.15, 0.2) is 42.5 Å². The Kier molecular flexibility index (Phi) is 7.35. The zero-order chi connectivity index (χ0) is 21.8. The van der Waals surface area contributed by atoms with E-state index in [1.807, 2.05) is 32.9 Å². The number of aryl methyl sites for hydroxylation is 2. The van der Waals surface area contributed by atoms with E-state index in [1.165, 1.54) is 22.3 Å². The number of phenols is 1. The highest BCUT2D eigenvalue weighted by Crippen LogP contribution is 2.41. The van der Waals surface area contributed by atoms with Crippen molar-refractivity contribution in [2.45, 2.75) is 85.2 Å². The average molecular weight is 395 g/mol. The first-order valence-corrected chi connectivity index (χ1v) is 11.0. The number of hydrogen-bond donors (Lipinski definition) is 2. The molecule has 158 valence electrons. The summed E-state index contributed by atoms with van der Waals surface area (Å²) in [7, 11) is 0. The van der Waals surface area contributed by atoms with E-state index in [2.05, 4.69) is 58.0 Å². The maximum Gasteiger partial charge on any atom is 0.118 e. The van der Waals surface area contributed by atoms with Crippen molar-refractivity contribution in [2.75, 3.05) is 0 Å². The van der Waals surface area contributed by atoms with E-state index in [0.717, 1.165) is 24.0 Å². The molecule has 0 atom stereocenters. The van der Waals surface area contributed by atoms with Crippen LogP contribution in [0.2, 0.25) is 0 Å². The van der Waals surface area contributed by atoms with Gasteiger partial charge in [0.25, 0.3) is 0 Å². The number of aromatic hydroxyl groups is 1. The first-order chi connectivity index (χ1) is 13.7. The van der Waals surface area contributed by atoms with Gasteiger partial charge in [-0.3, -0.25) is 0 Å². The molecule has 0 radical (unpaired) electrons. The molecule has 0 amide bonds. The van der Waals surface area contributed by atoms with E-state index in [0.29, 0.717) is 18.6 Å². The highest BCUT2D eigenvalue weighted by molar-refractivity contribution is 5.68. The molecule has 29 heavy (non-hydrogen) atoms. The van der Waals surface area contributed by atoms with Crippen LogP contribution in [0.5, 0.6) is 5.75 Å². The predicted octanol–water partition coefficient (Wildman–Crippen LogP) is 7.07. The first-order valence-electron chi connectivity index (χ1n) is 11.0. The van der Waals surface area contributed by atoms with Crippen molar-refractivity contribution in [1.82, 2.24) is 0 Å². The van der Waals surface area contributed by atoms with Crippen molar-refractivity contribution in [2.24, 2.45) is 0 Å². The molecule has 0 aliphatic rings. The van der Waals surface area contributed by atoms with Crippen LogP contribution in [0.25, 0.3) is 5.57 Å². The van der Waals surface area contributed by atoms with Gasteiger partial charge in [0, 0.05) is 5.41 Å². The Morgan fingerprint density at radius 1 is 0.828 bits per heavy atom. The molecule has 2 heteroatoms. The van der Waals surface area contributed by atoms with Crippen LogP contribution in [0.4, 0.5) is 0 Å². The van der Waals surface area contributed by atoms with Crippen LogP contribution >= 0.6 is 0 Å². The largest absolute Gasteiger partial charge is 0.508 e. The molecule has 2 aromatic carbocycles. The summed E-state index contributed by atoms with van der Waals surface area (Å²) in [6.45, 7) is 14.7. The summed E-state index contributed by atoms with van der Waals surface area (Å²) in [6.07, 6.45) is 5.44. The molecule has 0 aliphatic carbocycles. The van der Waals surface area contributed by atoms with Gasteiger partial charge in [0.2, 0.25) is 0 Å². The van der Waals surface area contributed by atoms with Gasteiger partial charge in [-0.15, -0.1) is 0 Å². The van der Waals surface area contributed by atoms with Gasteiger partial charge in [0.15, 0.2) is 0 Å². The van der Waals surface area contributed by atoms with Crippen LogP contribution in [0.3, 0.4) is 0 Å². The molecule has 0 aromatic heterocycles. The Morgan fingerprint density at radius 3 is 1.79 bits per heavy atom. The third-order valence-corrected chi connectivity index (χ3v) is 6.87. The monoisotopic (exact) mass is 394 g/mol. The lowest BCUT2D eigenvalue weighted by Gasteiger charge is -2.34. The Morgan fingerprint density at radius 2 is 1.34 bits per heavy atom. The van der Waals surface area contributed by atoms with E-state index >= 15 is 0 Å². The minimum absolute atomic E-state index is 0.0764. The highest BCUT2D eigenvalue weighted by atomic mass is 16.3. The Balaban J connectivity index is 2.55. The highest BCUT2D eigenvalue weighted by Gasteiger charge is 2.31. The average Bonchev–Trinajstić information content (AvgIpc) is 2.71. The summed E-state index contributed by atoms with van der Waals surface area (Å²) in [4.78, 5) is 0. The number of allylic oxidation sites excluding steroid dienone is 1. The van der Waals surface area contributed by atoms with E-state index in [1.54, 1.807) is 0 Å². The van der Waals surface area contributed by atoms with Crippen molar-refractivity contribution in [1.29, 1.82) is 0 Å². The van der Waals surface area contributed by atoms with Gasteiger partial charge >= 0.3 is 0 Å². The third-order valence-electron chi connectivity index (χ3n) is 6.87. The number of benzene rings is 2. The first kappa shape index (κ1) is 23.2. The van der Waals surface area contributed by atoms with Gasteiger partial charge in [0.1, 0.15) is 5.75 Å². The molecule has 0 unspecified atom stereocenters. The summed E-state index contributed by atoms with van der Waals surface area (Å²) in [5, 5.41) is 20.7. The SMILES string of the molecule is CCC(O)(/C=C(/C)c1ccc(C(CC)(CC)c2ccc(O)c(C)c2)cc1C)CC. The summed E-state index contributed by atoms with van der Waals surface area (Å²) in [6, 6.07) is 12.8. The Labute approximate surface area is 177 Å². The maximum absolute atomic E-state index is 10.7. The van der Waals surface area contributed by atoms with Gasteiger partial charge in [-0.1, -0.05) is 58.0 Å². The van der Waals surface area contributed by atoms with Gasteiger partial charge in [0.05, 0.1) is 5.60 Å². The Bertz CT molecular complexity index is 868. The normalized spacial score (nSPS) is 13.0. The van der Waals surface area contributed by atoms with Crippen LogP contribution in [-0.2, 0) is 5.41 Å². The lowest BCUT2D eigenvalue weighted by Crippen LogP contribution is -2.26. The molecule has 0 bridgehead atoms. The van der Waals surface area contributed by atoms with Gasteiger partial charge < -0.3 is 10.2 Å². The zero-order valence-corrected chi connectivity index (χ0v) is 19.3. The van der Waals surface area contributed by atoms with Crippen LogP contribution in [0.1, 0.15) is 88.1 Å². The van der Waals surface area contributed by atoms with Gasteiger partial charge in [-0.05, 0) is 92.0 Å². The van der Waals surface area contributed by atoms with E-state index < -0.39 is 5.60 Å². The molecule has 0 saturated heterocycles. The number of aliphatic hydroxyl groups is 1. The molecule has 2 nitrogen and oxygen atoms in total. The molecule has 0 heterocycles. The van der Waals surface area contributed by atoms with Crippen LogP contribution in [-0.4, -0.2) is 15.8 Å². The number of hydrogen-bond acceptors (Lipinski definition) is 2. The summed E-state index contributed by atoms with van der Waals surface area (Å²) in [5.41, 5.74) is 6.21. The minimum atomic E-state index is -0.741. The lowest BCUT2D eigenvalue weighted by molar-refractivity contribution is 0.0833. The standard InChI is InChI=1S/C27H38O2/c1-8-26(29,9-2)18-21(7)24-14-12-22(16-19(24)5)27(10-3,11-4)23-13-15-25(28)20(6)17-23/h12-18,28-29H,8-11H2,1-7H3/b21-18-. The minimum Gasteiger partial charge on any atom is -0.508 e. The lowest BCUT2D eigenvalue weighted by atomic mass is 9.69. The van der Waals surface area contributed by atoms with Crippen molar-refractivity contribution < 1.29 is 10.2 Å². The number of rotatable bonds is 8. The van der Waals surface area contributed by atoms with Gasteiger partial charge in [-0.2, -0.15) is 0 Å². The van der Waals surface area contributed by atoms with E-state index in [9.17, 15) is 10.2 Å². The second-order valence-electron chi connectivity index (χ2n) is 8.46. The van der Waals surface area contributed by atoms with Crippen molar-refractivity contribution in [3.8, 4) is 5.75 Å². The number of phenolic OH excluding ortho intramolecular Hbond substituents is 1. The topological polar surface area (TPSA) is 40.5 Å². The molecule has 2 aromatic rings. The molecule has 0 fully saturated rings. The predicted molar refractivity (Wildman–Crippen MR) is 125 cm³/mol. The maximum atomic E-state index is 10.7. The van der Waals surface area contributed by atoms with E-state index in [-0.39, 0.29) is 5.41 Å². The molecular formula is C27H38O2. The Hall–Kier alpha value is -2.06. The van der Waals surface area contributed by atoms with Crippen molar-refractivity contribution in [3.63, 3.8) is 0 Å². The van der Waals surface area contributed by atoms with Crippen LogP contribution in [0, 0.1) is 13.8 Å². The van der Waals surface area contributed by atoms with Crippen molar-refractivity contribution >= 4 is 5.57 Å². The molecule has 0 aliphatic heterocycles. The quantitative estimate of drug-likeness (QED) is 0.502. The van der Waals surface area contributed by atoms with Gasteiger partial charge in [-0.25, -0.2) is 0 Å². The second-order valence-corrected chi connectivity index (χ2v) is 8.46. The fourth-order valence-corrected chi connectivity index (χ4v) is 4.52. The summed E-state index contributed by atoms with van der Waals surface area (Å²) < 4.78 is 0. The third kappa shape index (κ3) is 4.59. The summed E-state index contributed by atoms with van der Waals surface area (Å²) >= 11 is 0. The molecule has 0 spiro atoms. The van der Waals surface area contributed by atoms with Crippen LogP contribution < -0.4 is 0 Å². The molecular weight excluding hydrogens is 356 g/mol. The van der Waals surface area contributed by atoms with E-state index in [4.69, 9.17) is 0 Å². The zero-order valence-electron chi connectivity index (χ0n) is 19.3. The molecule has 2 N–H and O–H groups in total. The smallest absolute Gasteiger partial charge is 0.118 e. The second kappa shape index (κ2) is 9.17. The van der Waals surface area contributed by atoms with Crippen molar-refractivity contribution in [3.05, 3.63) is 70.3 Å². The fourth-order valence-electron chi connectivity index (χ4n) is 4.52. The molecule has 2 rings (SSSR count). The molecule has 0 saturated carbocycles. The summed E-state index contributed by atoms with van der Waals surface area (Å²) in [5.74, 6) is 0.349. The fraction of sp³-hybridized carbons (Fsp3) is 0.481.